The average molecular weight is 440 g/mol. The summed E-state index contributed by atoms with van der Waals surface area (Å²) in [6.07, 6.45) is 35.6. The third-order valence-corrected chi connectivity index (χ3v) is 26.3. The van der Waals surface area contributed by atoms with Crippen LogP contribution in [0.4, 0.5) is 0 Å². The molecule has 0 heterocycles. The van der Waals surface area contributed by atoms with E-state index in [2.05, 4.69) is 73.9 Å². The molecule has 1 heteroatoms. The van der Waals surface area contributed by atoms with Gasteiger partial charge in [-0.05, 0) is 0 Å². The van der Waals surface area contributed by atoms with E-state index in [0.29, 0.717) is 6.25 Å². The van der Waals surface area contributed by atoms with Crippen LogP contribution in [0, 0.1) is 11.8 Å². The minimum atomic E-state index is -2.89. The van der Waals surface area contributed by atoms with Crippen molar-refractivity contribution in [3.8, 4) is 0 Å². The van der Waals surface area contributed by atoms with Gasteiger partial charge in [0, 0.05) is 0 Å². The van der Waals surface area contributed by atoms with Crippen molar-refractivity contribution in [3.05, 3.63) is 73.9 Å². The van der Waals surface area contributed by atoms with Gasteiger partial charge in [0.25, 0.3) is 0 Å². The van der Waals surface area contributed by atoms with E-state index in [1.165, 1.54) is 59.6 Å². The van der Waals surface area contributed by atoms with Crippen LogP contribution in [0.1, 0.15) is 51.4 Å². The van der Waals surface area contributed by atoms with E-state index in [4.69, 9.17) is 0 Å². The summed E-state index contributed by atoms with van der Waals surface area (Å²) >= 11 is -2.89. The van der Waals surface area contributed by atoms with E-state index >= 15 is 0 Å². The molecule has 144 valence electrons. The monoisotopic (exact) mass is 438 g/mol. The van der Waals surface area contributed by atoms with Gasteiger partial charge in [-0.15, -0.1) is 0 Å². The summed E-state index contributed by atoms with van der Waals surface area (Å²) in [5.74, 6) is 1.70. The molecule has 4 unspecified atom stereocenters. The van der Waals surface area contributed by atoms with E-state index in [1.54, 1.807) is 0 Å². The van der Waals surface area contributed by atoms with Gasteiger partial charge in [-0.2, -0.15) is 0 Å². The molecule has 0 N–H and O–H groups in total. The molecule has 2 fully saturated rings. The first-order valence-corrected chi connectivity index (χ1v) is 17.1. The van der Waals surface area contributed by atoms with Crippen molar-refractivity contribution in [3.63, 3.8) is 0 Å². The fourth-order valence-corrected chi connectivity index (χ4v) is 26.8. The zero-order valence-corrected chi connectivity index (χ0v) is 19.4. The Morgan fingerprint density at radius 2 is 1.26 bits per heavy atom. The molecule has 0 nitrogen and oxygen atoms in total. The van der Waals surface area contributed by atoms with Gasteiger partial charge in [-0.25, -0.2) is 0 Å². The molecule has 0 saturated heterocycles. The van der Waals surface area contributed by atoms with Crippen molar-refractivity contribution in [1.82, 2.24) is 0 Å². The standard InChI is InChI=1S/2C10H13.2C3H5.Zr/c2*1-2-5-9-7-4-8-10(9)6-3-1;2*1-3-2;/h2*1-3,5,10H,4,6-8H2;2*3H,1-2H2;. The van der Waals surface area contributed by atoms with Gasteiger partial charge in [0.05, 0.1) is 0 Å². The molecule has 0 bridgehead atoms. The topological polar surface area (TPSA) is 0 Å². The van der Waals surface area contributed by atoms with Crippen LogP contribution < -0.4 is 0 Å². The number of hydrogen-bond donors (Lipinski definition) is 0. The fourth-order valence-electron chi connectivity index (χ4n) is 7.75. The van der Waals surface area contributed by atoms with Crippen molar-refractivity contribution >= 4 is 0 Å². The first-order valence-electron chi connectivity index (χ1n) is 11.2. The molecule has 0 spiro atoms. The molecule has 27 heavy (non-hydrogen) atoms. The summed E-state index contributed by atoms with van der Waals surface area (Å²) in [7, 11) is 0. The summed E-state index contributed by atoms with van der Waals surface area (Å²) in [6.45, 7) is 8.65. The summed E-state index contributed by atoms with van der Waals surface area (Å²) in [6, 6.07) is 0. The van der Waals surface area contributed by atoms with Crippen LogP contribution in [0.5, 0.6) is 0 Å². The second-order valence-corrected chi connectivity index (χ2v) is 21.3. The van der Waals surface area contributed by atoms with Crippen LogP contribution in [0.2, 0.25) is 14.5 Å². The second kappa shape index (κ2) is 7.98. The van der Waals surface area contributed by atoms with Crippen molar-refractivity contribution < 1.29 is 20.3 Å². The molecule has 2 saturated carbocycles. The number of allylic oxidation sites excluding steroid dienone is 10. The van der Waals surface area contributed by atoms with Crippen molar-refractivity contribution in [2.24, 2.45) is 11.8 Å². The van der Waals surface area contributed by atoms with Gasteiger partial charge in [0.15, 0.2) is 0 Å². The second-order valence-electron chi connectivity index (χ2n) is 9.37. The van der Waals surface area contributed by atoms with Gasteiger partial charge in [-0.3, -0.25) is 0 Å². The van der Waals surface area contributed by atoms with E-state index in [1.807, 2.05) is 0 Å². The van der Waals surface area contributed by atoms with Crippen molar-refractivity contribution in [2.45, 2.75) is 65.9 Å². The predicted octanol–water partition coefficient (Wildman–Crippen LogP) is 8.30. The van der Waals surface area contributed by atoms with Crippen LogP contribution in [-0.2, 0) is 20.3 Å². The minimum absolute atomic E-state index is 0.470. The maximum atomic E-state index is 4.32. The SMILES string of the molecule is C=C[CH2][Zr]([CH2]C=C)([C]12C=CC=CCC1CCC2)[C]12C=CC=CCC1CCC2. The number of hydrogen-bond acceptors (Lipinski definition) is 0. The molecular weight excluding hydrogens is 404 g/mol. The van der Waals surface area contributed by atoms with E-state index in [0.717, 1.165) is 11.8 Å². The molecule has 0 radical (unpaired) electrons. The summed E-state index contributed by atoms with van der Waals surface area (Å²) in [5.41, 5.74) is 0. The van der Waals surface area contributed by atoms with E-state index < -0.39 is 20.3 Å². The molecule has 4 rings (SSSR count). The Morgan fingerprint density at radius 1 is 0.778 bits per heavy atom. The van der Waals surface area contributed by atoms with Gasteiger partial charge in [-0.1, -0.05) is 0 Å². The van der Waals surface area contributed by atoms with Gasteiger partial charge in [0.1, 0.15) is 0 Å². The zero-order valence-electron chi connectivity index (χ0n) is 16.9. The molecule has 4 atom stereocenters. The molecular formula is C26H36Zr. The van der Waals surface area contributed by atoms with Crippen LogP contribution >= 0.6 is 0 Å². The Morgan fingerprint density at radius 3 is 1.70 bits per heavy atom. The Bertz CT molecular complexity index is 633. The normalized spacial score (nSPS) is 37.5. The third kappa shape index (κ3) is 2.87. The molecule has 4 aliphatic rings. The van der Waals surface area contributed by atoms with Gasteiger partial charge in [0.2, 0.25) is 0 Å². The van der Waals surface area contributed by atoms with Crippen molar-refractivity contribution in [1.29, 1.82) is 0 Å². The van der Waals surface area contributed by atoms with E-state index in [-0.39, 0.29) is 0 Å². The summed E-state index contributed by atoms with van der Waals surface area (Å²) in [5, 5.41) is 0. The van der Waals surface area contributed by atoms with Crippen LogP contribution in [-0.4, -0.2) is 0 Å². The first kappa shape index (κ1) is 19.6. The predicted molar refractivity (Wildman–Crippen MR) is 116 cm³/mol. The average Bonchev–Trinajstić information content (AvgIpc) is 3.14. The summed E-state index contributed by atoms with van der Waals surface area (Å²) < 4.78 is 3.56. The first-order chi connectivity index (χ1) is 13.2. The Labute approximate surface area is 171 Å². The fraction of sp³-hybridized carbons (Fsp3) is 0.538. The third-order valence-electron chi connectivity index (χ3n) is 8.63. The Hall–Kier alpha value is -0.677. The van der Waals surface area contributed by atoms with Crippen LogP contribution in [0.3, 0.4) is 0 Å². The molecule has 0 amide bonds. The molecule has 0 aliphatic heterocycles. The Kier molecular flexibility index (Phi) is 5.80. The summed E-state index contributed by atoms with van der Waals surface area (Å²) in [4.78, 5) is 0. The number of fused-ring (bicyclic) bond motifs is 2. The number of rotatable bonds is 6. The molecule has 0 aromatic heterocycles. The maximum absolute atomic E-state index is 4.32. The van der Waals surface area contributed by atoms with Gasteiger partial charge < -0.3 is 0 Å². The van der Waals surface area contributed by atoms with Crippen LogP contribution in [0.15, 0.2) is 73.9 Å². The van der Waals surface area contributed by atoms with E-state index in [9.17, 15) is 0 Å². The quantitative estimate of drug-likeness (QED) is 0.365. The molecule has 0 aromatic rings. The Balaban J connectivity index is 1.95. The van der Waals surface area contributed by atoms with Crippen LogP contribution in [0.25, 0.3) is 0 Å². The zero-order chi connectivity index (χ0) is 18.8. The molecule has 0 aromatic carbocycles. The van der Waals surface area contributed by atoms with Gasteiger partial charge >= 0.3 is 172 Å². The molecule has 4 aliphatic carbocycles. The van der Waals surface area contributed by atoms with Crippen molar-refractivity contribution in [2.75, 3.05) is 0 Å².